The van der Waals surface area contributed by atoms with Gasteiger partial charge in [0.05, 0.1) is 0 Å². The maximum Gasteiger partial charge on any atom is 0.247 e. The minimum absolute atomic E-state index is 0.0727. The van der Waals surface area contributed by atoms with E-state index in [4.69, 9.17) is 5.73 Å². The Morgan fingerprint density at radius 3 is 2.30 bits per heavy atom. The van der Waals surface area contributed by atoms with Crippen LogP contribution in [0.4, 0.5) is 11.4 Å². The van der Waals surface area contributed by atoms with E-state index in [1.807, 2.05) is 38.4 Å². The van der Waals surface area contributed by atoms with Crippen molar-refractivity contribution < 1.29 is 9.59 Å². The molecule has 4 aromatic rings. The highest BCUT2D eigenvalue weighted by Gasteiger charge is 2.29. The first-order valence-corrected chi connectivity index (χ1v) is 14.8. The second-order valence-corrected chi connectivity index (χ2v) is 11.6. The first kappa shape index (κ1) is 29.9. The molecule has 0 saturated heterocycles. The van der Waals surface area contributed by atoms with E-state index >= 15 is 0 Å². The third-order valence-electron chi connectivity index (χ3n) is 8.40. The van der Waals surface area contributed by atoms with E-state index in [2.05, 4.69) is 73.4 Å². The molecule has 224 valence electrons. The number of anilines is 2. The Labute approximate surface area is 252 Å². The average Bonchev–Trinajstić information content (AvgIpc) is 3.57. The SMILES string of the molecule is Cc1ccc(N(C)C)cc1-c1ccc(C[C@H](NC(=O)[C@H]2CC[C@H](CN)CC2)C(=O)Nc2ccc(-c3nnn[nH]3)cc2)cc1. The Kier molecular flexibility index (Phi) is 9.46. The molecule has 1 aliphatic carbocycles. The molecule has 10 nitrogen and oxygen atoms in total. The smallest absolute Gasteiger partial charge is 0.247 e. The molecule has 2 amide bonds. The van der Waals surface area contributed by atoms with Crippen LogP contribution in [-0.4, -0.2) is 59.1 Å². The second-order valence-electron chi connectivity index (χ2n) is 11.6. The number of hydrogen-bond acceptors (Lipinski definition) is 7. The third kappa shape index (κ3) is 7.45. The Hall–Kier alpha value is -4.57. The second kappa shape index (κ2) is 13.6. The minimum Gasteiger partial charge on any atom is -0.378 e. The van der Waals surface area contributed by atoms with Gasteiger partial charge in [0.15, 0.2) is 5.82 Å². The summed E-state index contributed by atoms with van der Waals surface area (Å²) in [4.78, 5) is 29.0. The lowest BCUT2D eigenvalue weighted by molar-refractivity contribution is -0.130. The van der Waals surface area contributed by atoms with Gasteiger partial charge in [-0.2, -0.15) is 0 Å². The number of carbonyl (C=O) groups excluding carboxylic acids is 2. The molecule has 43 heavy (non-hydrogen) atoms. The number of aromatic nitrogens is 4. The van der Waals surface area contributed by atoms with Crippen LogP contribution in [0.25, 0.3) is 22.5 Å². The van der Waals surface area contributed by atoms with Crippen molar-refractivity contribution in [2.24, 2.45) is 17.6 Å². The van der Waals surface area contributed by atoms with E-state index < -0.39 is 6.04 Å². The summed E-state index contributed by atoms with van der Waals surface area (Å²) in [6.07, 6.45) is 3.83. The molecule has 0 radical (unpaired) electrons. The van der Waals surface area contributed by atoms with Crippen LogP contribution in [0.2, 0.25) is 0 Å². The zero-order chi connectivity index (χ0) is 30.3. The maximum atomic E-state index is 13.6. The number of aromatic amines is 1. The van der Waals surface area contributed by atoms with Crippen LogP contribution in [0.5, 0.6) is 0 Å². The van der Waals surface area contributed by atoms with E-state index in [0.29, 0.717) is 30.4 Å². The van der Waals surface area contributed by atoms with Gasteiger partial charge >= 0.3 is 0 Å². The Morgan fingerprint density at radius 1 is 0.977 bits per heavy atom. The van der Waals surface area contributed by atoms with Crippen molar-refractivity contribution in [3.63, 3.8) is 0 Å². The number of hydrogen-bond donors (Lipinski definition) is 4. The standard InChI is InChI=1S/C33H40N8O2/c1-21-4-17-28(41(2)3)19-29(21)24-9-5-22(6-10-24)18-30(36-32(42)26-11-7-23(20-34)8-12-26)33(43)35-27-15-13-25(14-16-27)31-37-39-40-38-31/h4-6,9-10,13-17,19,23,26,30H,7-8,11-12,18,20,34H2,1-3H3,(H,35,43)(H,36,42)(H,37,38,39,40)/t23-,26-,30-/m0/s1. The molecule has 1 saturated carbocycles. The fraction of sp³-hybridized carbons (Fsp3) is 0.364. The lowest BCUT2D eigenvalue weighted by Gasteiger charge is -2.28. The summed E-state index contributed by atoms with van der Waals surface area (Å²) in [6, 6.07) is 21.2. The summed E-state index contributed by atoms with van der Waals surface area (Å²) in [5.41, 5.74) is 12.8. The molecule has 0 aliphatic heterocycles. The highest BCUT2D eigenvalue weighted by Crippen LogP contribution is 2.30. The van der Waals surface area contributed by atoms with Crippen molar-refractivity contribution in [3.05, 3.63) is 77.9 Å². The van der Waals surface area contributed by atoms with Gasteiger partial charge in [-0.25, -0.2) is 5.10 Å². The van der Waals surface area contributed by atoms with E-state index in [1.165, 1.54) is 5.56 Å². The topological polar surface area (TPSA) is 142 Å². The lowest BCUT2D eigenvalue weighted by atomic mass is 9.81. The molecule has 5 rings (SSSR count). The lowest BCUT2D eigenvalue weighted by Crippen LogP contribution is -2.48. The van der Waals surface area contributed by atoms with Gasteiger partial charge in [-0.05, 0) is 114 Å². The molecule has 1 atom stereocenters. The van der Waals surface area contributed by atoms with Crippen LogP contribution in [0.15, 0.2) is 66.7 Å². The zero-order valence-electron chi connectivity index (χ0n) is 25.0. The van der Waals surface area contributed by atoms with Crippen LogP contribution in [0.1, 0.15) is 36.8 Å². The molecule has 0 bridgehead atoms. The highest BCUT2D eigenvalue weighted by atomic mass is 16.2. The predicted molar refractivity (Wildman–Crippen MR) is 169 cm³/mol. The number of carbonyl (C=O) groups is 2. The fourth-order valence-electron chi connectivity index (χ4n) is 5.64. The summed E-state index contributed by atoms with van der Waals surface area (Å²) < 4.78 is 0. The van der Waals surface area contributed by atoms with Gasteiger partial charge in [0.1, 0.15) is 6.04 Å². The molecule has 10 heteroatoms. The van der Waals surface area contributed by atoms with Crippen LogP contribution in [-0.2, 0) is 16.0 Å². The number of nitrogens with two attached hydrogens (primary N) is 1. The van der Waals surface area contributed by atoms with Crippen molar-refractivity contribution in [2.75, 3.05) is 30.9 Å². The van der Waals surface area contributed by atoms with E-state index in [-0.39, 0.29) is 17.7 Å². The molecule has 1 heterocycles. The molecular formula is C33H40N8O2. The number of rotatable bonds is 10. The van der Waals surface area contributed by atoms with Gasteiger partial charge in [0.2, 0.25) is 11.8 Å². The number of amides is 2. The molecule has 5 N–H and O–H groups in total. The van der Waals surface area contributed by atoms with Crippen molar-refractivity contribution in [2.45, 2.75) is 45.1 Å². The van der Waals surface area contributed by atoms with E-state index in [0.717, 1.165) is 53.6 Å². The largest absolute Gasteiger partial charge is 0.378 e. The molecule has 1 fully saturated rings. The number of nitrogens with one attached hydrogen (secondary N) is 3. The van der Waals surface area contributed by atoms with Crippen LogP contribution >= 0.6 is 0 Å². The van der Waals surface area contributed by atoms with Gasteiger partial charge in [-0.15, -0.1) is 5.10 Å². The first-order valence-electron chi connectivity index (χ1n) is 14.8. The number of aryl methyl sites for hydroxylation is 1. The summed E-state index contributed by atoms with van der Waals surface area (Å²) >= 11 is 0. The normalized spacial score (nSPS) is 17.2. The van der Waals surface area contributed by atoms with Crippen molar-refractivity contribution in [1.29, 1.82) is 0 Å². The summed E-state index contributed by atoms with van der Waals surface area (Å²) in [7, 11) is 4.06. The van der Waals surface area contributed by atoms with Gasteiger partial charge in [0, 0.05) is 43.4 Å². The summed E-state index contributed by atoms with van der Waals surface area (Å²) in [5, 5.41) is 19.9. The average molecular weight is 581 g/mol. The quantitative estimate of drug-likeness (QED) is 0.219. The van der Waals surface area contributed by atoms with Gasteiger partial charge in [-0.1, -0.05) is 30.3 Å². The fourth-order valence-corrected chi connectivity index (χ4v) is 5.64. The molecule has 0 unspecified atom stereocenters. The molecule has 0 spiro atoms. The maximum absolute atomic E-state index is 13.6. The Balaban J connectivity index is 1.32. The first-order chi connectivity index (χ1) is 20.8. The van der Waals surface area contributed by atoms with Crippen molar-refractivity contribution in [1.82, 2.24) is 25.9 Å². The number of H-pyrrole nitrogens is 1. The zero-order valence-corrected chi connectivity index (χ0v) is 25.0. The van der Waals surface area contributed by atoms with Crippen LogP contribution in [0, 0.1) is 18.8 Å². The molecule has 1 aromatic heterocycles. The van der Waals surface area contributed by atoms with Crippen molar-refractivity contribution >= 4 is 23.2 Å². The van der Waals surface area contributed by atoms with Gasteiger partial charge in [0.25, 0.3) is 0 Å². The number of tetrazole rings is 1. The van der Waals surface area contributed by atoms with E-state index in [9.17, 15) is 9.59 Å². The molecular weight excluding hydrogens is 540 g/mol. The van der Waals surface area contributed by atoms with Gasteiger partial charge < -0.3 is 21.3 Å². The number of benzene rings is 3. The summed E-state index contributed by atoms with van der Waals surface area (Å²) in [6.45, 7) is 2.76. The highest BCUT2D eigenvalue weighted by molar-refractivity contribution is 5.97. The third-order valence-corrected chi connectivity index (χ3v) is 8.40. The Bertz CT molecular complexity index is 1510. The van der Waals surface area contributed by atoms with Gasteiger partial charge in [-0.3, -0.25) is 9.59 Å². The Morgan fingerprint density at radius 2 is 1.67 bits per heavy atom. The minimum atomic E-state index is -0.734. The van der Waals surface area contributed by atoms with Crippen LogP contribution in [0.3, 0.4) is 0 Å². The predicted octanol–water partition coefficient (Wildman–Crippen LogP) is 4.34. The summed E-state index contributed by atoms with van der Waals surface area (Å²) in [5.74, 6) is 0.564. The molecule has 1 aliphatic rings. The van der Waals surface area contributed by atoms with Crippen molar-refractivity contribution in [3.8, 4) is 22.5 Å². The van der Waals surface area contributed by atoms with Crippen LogP contribution < -0.4 is 21.3 Å². The monoisotopic (exact) mass is 580 g/mol. The number of nitrogens with zero attached hydrogens (tertiary/aromatic N) is 4. The molecule has 3 aromatic carbocycles. The van der Waals surface area contributed by atoms with E-state index in [1.54, 1.807) is 12.1 Å².